The molecule has 0 fully saturated rings. The molecule has 3 N–H and O–H groups in total. The molecule has 0 aliphatic heterocycles. The summed E-state index contributed by atoms with van der Waals surface area (Å²) in [5.41, 5.74) is 6.06. The number of carboxylic acids is 1. The van der Waals surface area contributed by atoms with Crippen molar-refractivity contribution in [2.24, 2.45) is 0 Å². The van der Waals surface area contributed by atoms with Crippen molar-refractivity contribution < 1.29 is 23.8 Å². The molecule has 18 heavy (non-hydrogen) atoms. The number of hydrogen-bond acceptors (Lipinski definition) is 4. The van der Waals surface area contributed by atoms with Gasteiger partial charge in [-0.1, -0.05) is 6.07 Å². The molecule has 0 amide bonds. The summed E-state index contributed by atoms with van der Waals surface area (Å²) in [6.45, 7) is 2.76. The molecular weight excluding hydrogens is 241 g/mol. The van der Waals surface area contributed by atoms with Gasteiger partial charge in [-0.15, -0.1) is 0 Å². The van der Waals surface area contributed by atoms with Gasteiger partial charge in [-0.05, 0) is 24.6 Å². The van der Waals surface area contributed by atoms with Crippen LogP contribution in [0.3, 0.4) is 0 Å². The maximum Gasteiger partial charge on any atom is 0.312 e. The van der Waals surface area contributed by atoms with Crippen LogP contribution in [-0.2, 0) is 14.3 Å². The standard InChI is InChI=1S/C10H12FNO2.C2H4O2/c1-6(10(13)14-2)7-3-4-8(11)9(12)5-7;1-2(3)4/h3-6H,12H2,1-2H3;1H3,(H,3,4). The molecule has 1 atom stereocenters. The largest absolute Gasteiger partial charge is 0.481 e. The van der Waals surface area contributed by atoms with E-state index in [0.29, 0.717) is 5.56 Å². The molecule has 1 rings (SSSR count). The molecule has 100 valence electrons. The van der Waals surface area contributed by atoms with E-state index in [0.717, 1.165) is 6.92 Å². The zero-order valence-corrected chi connectivity index (χ0v) is 10.4. The fourth-order valence-electron chi connectivity index (χ4n) is 1.14. The third-order valence-corrected chi connectivity index (χ3v) is 2.07. The van der Waals surface area contributed by atoms with Gasteiger partial charge in [-0.25, -0.2) is 4.39 Å². The minimum absolute atomic E-state index is 0.0400. The van der Waals surface area contributed by atoms with E-state index >= 15 is 0 Å². The number of rotatable bonds is 2. The minimum Gasteiger partial charge on any atom is -0.481 e. The summed E-state index contributed by atoms with van der Waals surface area (Å²) in [6, 6.07) is 4.20. The van der Waals surface area contributed by atoms with Crippen molar-refractivity contribution in [1.29, 1.82) is 0 Å². The van der Waals surface area contributed by atoms with E-state index in [-0.39, 0.29) is 11.7 Å². The average molecular weight is 257 g/mol. The van der Waals surface area contributed by atoms with E-state index in [1.807, 2.05) is 0 Å². The van der Waals surface area contributed by atoms with E-state index in [2.05, 4.69) is 4.74 Å². The van der Waals surface area contributed by atoms with E-state index in [1.54, 1.807) is 6.92 Å². The Kier molecular flexibility index (Phi) is 6.41. The quantitative estimate of drug-likeness (QED) is 0.622. The minimum atomic E-state index is -0.833. The zero-order chi connectivity index (χ0) is 14.3. The van der Waals surface area contributed by atoms with E-state index in [1.165, 1.54) is 25.3 Å². The Hall–Kier alpha value is -2.11. The number of carboxylic acid groups (broad SMARTS) is 1. The molecule has 0 bridgehead atoms. The fraction of sp³-hybridized carbons (Fsp3) is 0.333. The zero-order valence-electron chi connectivity index (χ0n) is 10.4. The van der Waals surface area contributed by atoms with Crippen LogP contribution in [0.4, 0.5) is 10.1 Å². The van der Waals surface area contributed by atoms with Gasteiger partial charge in [-0.2, -0.15) is 0 Å². The lowest BCUT2D eigenvalue weighted by Crippen LogP contribution is -2.11. The maximum absolute atomic E-state index is 12.8. The van der Waals surface area contributed by atoms with Crippen molar-refractivity contribution in [3.63, 3.8) is 0 Å². The highest BCUT2D eigenvalue weighted by Gasteiger charge is 2.16. The first-order chi connectivity index (χ1) is 8.29. The summed E-state index contributed by atoms with van der Waals surface area (Å²) in [6.07, 6.45) is 0. The topological polar surface area (TPSA) is 89.6 Å². The van der Waals surface area contributed by atoms with Gasteiger partial charge in [0.25, 0.3) is 5.97 Å². The fourth-order valence-corrected chi connectivity index (χ4v) is 1.14. The van der Waals surface area contributed by atoms with Crippen molar-refractivity contribution in [1.82, 2.24) is 0 Å². The molecule has 0 aromatic heterocycles. The lowest BCUT2D eigenvalue weighted by molar-refractivity contribution is -0.142. The molecule has 5 nitrogen and oxygen atoms in total. The molecule has 0 saturated heterocycles. The Morgan fingerprint density at radius 2 is 1.94 bits per heavy atom. The van der Waals surface area contributed by atoms with Crippen LogP contribution >= 0.6 is 0 Å². The third kappa shape index (κ3) is 5.29. The van der Waals surface area contributed by atoms with Gasteiger partial charge < -0.3 is 15.6 Å². The van der Waals surface area contributed by atoms with Crippen LogP contribution < -0.4 is 5.73 Å². The molecule has 6 heteroatoms. The van der Waals surface area contributed by atoms with Crippen molar-refractivity contribution in [2.45, 2.75) is 19.8 Å². The average Bonchev–Trinajstić information content (AvgIpc) is 2.30. The van der Waals surface area contributed by atoms with E-state index in [4.69, 9.17) is 15.6 Å². The normalized spacial score (nSPS) is 10.9. The number of nitrogens with two attached hydrogens (primary N) is 1. The molecule has 0 aliphatic carbocycles. The summed E-state index contributed by atoms with van der Waals surface area (Å²) >= 11 is 0. The Morgan fingerprint density at radius 3 is 2.33 bits per heavy atom. The number of methoxy groups -OCH3 is 1. The van der Waals surface area contributed by atoms with Gasteiger partial charge in [-0.3, -0.25) is 9.59 Å². The van der Waals surface area contributed by atoms with Crippen LogP contribution in [0.15, 0.2) is 18.2 Å². The molecule has 0 heterocycles. The maximum atomic E-state index is 12.8. The summed E-state index contributed by atoms with van der Waals surface area (Å²) in [4.78, 5) is 20.2. The second-order valence-electron chi connectivity index (χ2n) is 3.54. The van der Waals surface area contributed by atoms with Crippen molar-refractivity contribution in [2.75, 3.05) is 12.8 Å². The number of nitrogen functional groups attached to an aromatic ring is 1. The number of anilines is 1. The SMILES string of the molecule is CC(=O)O.COC(=O)C(C)c1ccc(F)c(N)c1. The highest BCUT2D eigenvalue weighted by atomic mass is 19.1. The van der Waals surface area contributed by atoms with Crippen LogP contribution in [0.2, 0.25) is 0 Å². The van der Waals surface area contributed by atoms with Gasteiger partial charge in [0.15, 0.2) is 0 Å². The van der Waals surface area contributed by atoms with Gasteiger partial charge in [0.1, 0.15) is 5.82 Å². The number of carbonyl (C=O) groups excluding carboxylic acids is 1. The molecule has 0 radical (unpaired) electrons. The van der Waals surface area contributed by atoms with Gasteiger partial charge in [0.05, 0.1) is 18.7 Å². The molecule has 1 unspecified atom stereocenters. The number of carbonyl (C=O) groups is 2. The first kappa shape index (κ1) is 15.9. The second kappa shape index (κ2) is 7.26. The third-order valence-electron chi connectivity index (χ3n) is 2.07. The molecule has 1 aromatic rings. The summed E-state index contributed by atoms with van der Waals surface area (Å²) in [7, 11) is 1.31. The van der Waals surface area contributed by atoms with Crippen LogP contribution in [-0.4, -0.2) is 24.2 Å². The van der Waals surface area contributed by atoms with Crippen molar-refractivity contribution in [3.05, 3.63) is 29.6 Å². The monoisotopic (exact) mass is 257 g/mol. The lowest BCUT2D eigenvalue weighted by atomic mass is 10.0. The highest BCUT2D eigenvalue weighted by Crippen LogP contribution is 2.20. The number of benzene rings is 1. The summed E-state index contributed by atoms with van der Waals surface area (Å²) < 4.78 is 17.4. The molecule has 0 aliphatic rings. The molecule has 0 saturated carbocycles. The van der Waals surface area contributed by atoms with Gasteiger partial charge in [0.2, 0.25) is 0 Å². The highest BCUT2D eigenvalue weighted by molar-refractivity contribution is 5.77. The predicted octanol–water partition coefficient (Wildman–Crippen LogP) is 1.78. The van der Waals surface area contributed by atoms with Crippen LogP contribution in [0.25, 0.3) is 0 Å². The molecule has 1 aromatic carbocycles. The Balaban J connectivity index is 0.000000631. The predicted molar refractivity (Wildman–Crippen MR) is 64.6 cm³/mol. The van der Waals surface area contributed by atoms with E-state index < -0.39 is 17.7 Å². The number of esters is 1. The number of hydrogen-bond donors (Lipinski definition) is 2. The second-order valence-corrected chi connectivity index (χ2v) is 3.54. The first-order valence-electron chi connectivity index (χ1n) is 5.11. The number of halogens is 1. The number of ether oxygens (including phenoxy) is 1. The van der Waals surface area contributed by atoms with Crippen molar-refractivity contribution in [3.8, 4) is 0 Å². The van der Waals surface area contributed by atoms with Crippen molar-refractivity contribution >= 4 is 17.6 Å². The van der Waals surface area contributed by atoms with Gasteiger partial charge in [0, 0.05) is 6.92 Å². The summed E-state index contributed by atoms with van der Waals surface area (Å²) in [5, 5.41) is 7.42. The molecule has 0 spiro atoms. The van der Waals surface area contributed by atoms with Crippen LogP contribution in [0.5, 0.6) is 0 Å². The Bertz CT molecular complexity index is 430. The van der Waals surface area contributed by atoms with E-state index in [9.17, 15) is 9.18 Å². The smallest absolute Gasteiger partial charge is 0.312 e. The van der Waals surface area contributed by atoms with Crippen LogP contribution in [0.1, 0.15) is 25.3 Å². The Labute approximate surface area is 104 Å². The molecular formula is C12H16FNO4. The first-order valence-corrected chi connectivity index (χ1v) is 5.11. The summed E-state index contributed by atoms with van der Waals surface area (Å²) in [5.74, 6) is -2.11. The Morgan fingerprint density at radius 1 is 1.44 bits per heavy atom. The lowest BCUT2D eigenvalue weighted by Gasteiger charge is -2.09. The van der Waals surface area contributed by atoms with Gasteiger partial charge >= 0.3 is 5.97 Å². The van der Waals surface area contributed by atoms with Crippen LogP contribution in [0, 0.1) is 5.82 Å². The number of aliphatic carboxylic acids is 1.